The lowest BCUT2D eigenvalue weighted by molar-refractivity contribution is 0.251. The molecule has 0 radical (unpaired) electrons. The molecule has 2 aromatic heterocycles. The van der Waals surface area contributed by atoms with Crippen LogP contribution in [0.1, 0.15) is 17.5 Å². The molecule has 1 aliphatic rings. The molecule has 0 saturated carbocycles. The Kier molecular flexibility index (Phi) is 7.31. The first kappa shape index (κ1) is 22.5. The zero-order chi connectivity index (χ0) is 23.0. The quantitative estimate of drug-likeness (QED) is 0.601. The number of hydrogen-bond donors (Lipinski definition) is 2. The average Bonchev–Trinajstić information content (AvgIpc) is 3.04. The smallest absolute Gasteiger partial charge is 0.347 e. The van der Waals surface area contributed by atoms with Gasteiger partial charge < -0.3 is 20.4 Å². The minimum atomic E-state index is -0.309. The lowest BCUT2D eigenvalue weighted by Gasteiger charge is -2.21. The van der Waals surface area contributed by atoms with Crippen LogP contribution >= 0.6 is 0 Å². The number of nitrogens with one attached hydrogen (secondary N) is 2. The van der Waals surface area contributed by atoms with E-state index in [1.54, 1.807) is 12.3 Å². The van der Waals surface area contributed by atoms with E-state index in [1.807, 2.05) is 42.6 Å². The first-order valence-electron chi connectivity index (χ1n) is 11.1. The van der Waals surface area contributed by atoms with E-state index in [2.05, 4.69) is 37.4 Å². The number of pyridine rings is 1. The summed E-state index contributed by atoms with van der Waals surface area (Å²) in [4.78, 5) is 37.2. The van der Waals surface area contributed by atoms with Crippen LogP contribution in [0.5, 0.6) is 0 Å². The second-order valence-corrected chi connectivity index (χ2v) is 8.21. The van der Waals surface area contributed by atoms with Crippen LogP contribution in [0, 0.1) is 0 Å². The molecule has 2 amide bonds. The summed E-state index contributed by atoms with van der Waals surface area (Å²) in [6.07, 6.45) is 6.10. The van der Waals surface area contributed by atoms with E-state index in [-0.39, 0.29) is 11.7 Å². The van der Waals surface area contributed by atoms with Crippen LogP contribution in [0.3, 0.4) is 0 Å². The van der Waals surface area contributed by atoms with Gasteiger partial charge in [0.25, 0.3) is 0 Å². The van der Waals surface area contributed by atoms with E-state index < -0.39 is 0 Å². The molecular weight excluding hydrogens is 418 g/mol. The third kappa shape index (κ3) is 6.39. The molecule has 172 valence electrons. The van der Waals surface area contributed by atoms with Gasteiger partial charge in [-0.15, -0.1) is 0 Å². The molecule has 1 fully saturated rings. The highest BCUT2D eigenvalue weighted by Gasteiger charge is 2.13. The number of likely N-dealkylation sites (N-methyl/N-ethyl adjacent to an activating group) is 1. The van der Waals surface area contributed by atoms with E-state index in [0.717, 1.165) is 49.5 Å². The number of rotatable bonds is 6. The van der Waals surface area contributed by atoms with Crippen molar-refractivity contribution in [3.63, 3.8) is 0 Å². The molecule has 0 spiro atoms. The summed E-state index contributed by atoms with van der Waals surface area (Å²) in [5.41, 5.74) is 2.17. The highest BCUT2D eigenvalue weighted by molar-refractivity contribution is 5.89. The van der Waals surface area contributed by atoms with Crippen LogP contribution in [-0.2, 0) is 13.1 Å². The average molecular weight is 448 g/mol. The van der Waals surface area contributed by atoms with Gasteiger partial charge in [-0.2, -0.15) is 0 Å². The third-order valence-electron chi connectivity index (χ3n) is 5.63. The molecule has 1 aliphatic heterocycles. The van der Waals surface area contributed by atoms with Crippen molar-refractivity contribution in [1.29, 1.82) is 0 Å². The van der Waals surface area contributed by atoms with Crippen molar-refractivity contribution in [2.45, 2.75) is 19.5 Å². The first-order chi connectivity index (χ1) is 16.1. The zero-order valence-corrected chi connectivity index (χ0v) is 18.8. The number of carbonyl (C=O) groups excluding carboxylic acids is 1. The molecule has 9 heteroatoms. The van der Waals surface area contributed by atoms with Gasteiger partial charge in [0.2, 0.25) is 0 Å². The molecule has 0 bridgehead atoms. The van der Waals surface area contributed by atoms with Gasteiger partial charge in [0.05, 0.1) is 6.54 Å². The summed E-state index contributed by atoms with van der Waals surface area (Å²) < 4.78 is 1.51. The van der Waals surface area contributed by atoms with Gasteiger partial charge in [-0.25, -0.2) is 19.6 Å². The number of aromatic nitrogens is 3. The maximum atomic E-state index is 12.4. The summed E-state index contributed by atoms with van der Waals surface area (Å²) >= 11 is 0. The lowest BCUT2D eigenvalue weighted by Crippen LogP contribution is -2.30. The van der Waals surface area contributed by atoms with Gasteiger partial charge in [0, 0.05) is 50.5 Å². The van der Waals surface area contributed by atoms with Crippen LogP contribution in [-0.4, -0.2) is 58.7 Å². The van der Waals surface area contributed by atoms with E-state index in [1.165, 1.54) is 10.8 Å². The monoisotopic (exact) mass is 447 g/mol. The third-order valence-corrected chi connectivity index (χ3v) is 5.63. The Morgan fingerprint density at radius 1 is 1.03 bits per heavy atom. The number of hydrogen-bond acceptors (Lipinski definition) is 6. The highest BCUT2D eigenvalue weighted by atomic mass is 16.2. The maximum absolute atomic E-state index is 12.4. The van der Waals surface area contributed by atoms with E-state index in [9.17, 15) is 9.59 Å². The minimum absolute atomic E-state index is 0.301. The van der Waals surface area contributed by atoms with Gasteiger partial charge in [0.1, 0.15) is 5.82 Å². The van der Waals surface area contributed by atoms with Gasteiger partial charge in [0.15, 0.2) is 0 Å². The van der Waals surface area contributed by atoms with Crippen molar-refractivity contribution >= 4 is 17.5 Å². The van der Waals surface area contributed by atoms with Crippen molar-refractivity contribution < 1.29 is 4.79 Å². The van der Waals surface area contributed by atoms with Gasteiger partial charge in [-0.3, -0.25) is 4.57 Å². The molecular formula is C24H29N7O2. The van der Waals surface area contributed by atoms with Crippen LogP contribution in [0.4, 0.5) is 16.3 Å². The van der Waals surface area contributed by atoms with Crippen molar-refractivity contribution in [1.82, 2.24) is 24.8 Å². The number of anilines is 2. The number of benzene rings is 1. The zero-order valence-electron chi connectivity index (χ0n) is 18.8. The van der Waals surface area contributed by atoms with Gasteiger partial charge in [-0.1, -0.05) is 18.2 Å². The van der Waals surface area contributed by atoms with E-state index >= 15 is 0 Å². The van der Waals surface area contributed by atoms with Crippen molar-refractivity contribution in [2.75, 3.05) is 43.4 Å². The summed E-state index contributed by atoms with van der Waals surface area (Å²) in [5.74, 6) is 0.975. The Balaban J connectivity index is 1.29. The topological polar surface area (TPSA) is 95.4 Å². The number of urea groups is 1. The van der Waals surface area contributed by atoms with Crippen LogP contribution in [0.2, 0.25) is 0 Å². The Labute approximate surface area is 193 Å². The molecule has 0 atom stereocenters. The summed E-state index contributed by atoms with van der Waals surface area (Å²) in [5, 5.41) is 5.71. The Morgan fingerprint density at radius 3 is 2.76 bits per heavy atom. The molecule has 2 N–H and O–H groups in total. The fourth-order valence-corrected chi connectivity index (χ4v) is 3.79. The Hall–Kier alpha value is -3.72. The largest absolute Gasteiger partial charge is 0.355 e. The first-order valence-corrected chi connectivity index (χ1v) is 11.1. The molecule has 9 nitrogen and oxygen atoms in total. The molecule has 3 heterocycles. The fourth-order valence-electron chi connectivity index (χ4n) is 3.79. The molecule has 3 aromatic rings. The Bertz CT molecular complexity index is 1130. The second kappa shape index (κ2) is 10.7. The van der Waals surface area contributed by atoms with Crippen molar-refractivity contribution in [3.05, 3.63) is 82.7 Å². The van der Waals surface area contributed by atoms with Gasteiger partial charge in [-0.05, 0) is 55.4 Å². The molecule has 1 aromatic carbocycles. The molecule has 4 rings (SSSR count). The van der Waals surface area contributed by atoms with Crippen LogP contribution < -0.4 is 21.2 Å². The van der Waals surface area contributed by atoms with Crippen LogP contribution in [0.15, 0.2) is 65.8 Å². The maximum Gasteiger partial charge on any atom is 0.347 e. The molecule has 1 saturated heterocycles. The molecule has 0 aliphatic carbocycles. The lowest BCUT2D eigenvalue weighted by atomic mass is 10.2. The fraction of sp³-hybridized carbons (Fsp3) is 0.333. The predicted molar refractivity (Wildman–Crippen MR) is 128 cm³/mol. The molecule has 0 unspecified atom stereocenters. The predicted octanol–water partition coefficient (Wildman–Crippen LogP) is 2.15. The second-order valence-electron chi connectivity index (χ2n) is 8.21. The summed E-state index contributed by atoms with van der Waals surface area (Å²) in [7, 11) is 2.15. The Morgan fingerprint density at radius 2 is 1.94 bits per heavy atom. The summed E-state index contributed by atoms with van der Waals surface area (Å²) in [6.45, 7) is 4.88. The van der Waals surface area contributed by atoms with E-state index in [4.69, 9.17) is 0 Å². The van der Waals surface area contributed by atoms with Crippen molar-refractivity contribution in [3.8, 4) is 0 Å². The number of nitrogens with zero attached hydrogens (tertiary/aromatic N) is 5. The number of carbonyl (C=O) groups is 1. The van der Waals surface area contributed by atoms with E-state index in [0.29, 0.717) is 18.8 Å². The SMILES string of the molecule is CN1CCCN(c2ccc(CNC(=O)Nc3cccc(Cn4cccnc4=O)c3)cn2)CC1. The summed E-state index contributed by atoms with van der Waals surface area (Å²) in [6, 6.07) is 12.8. The normalized spacial score (nSPS) is 14.5. The number of amides is 2. The van der Waals surface area contributed by atoms with Crippen molar-refractivity contribution in [2.24, 2.45) is 0 Å². The van der Waals surface area contributed by atoms with Gasteiger partial charge >= 0.3 is 11.7 Å². The standard InChI is InChI=1S/C24H29N7O2/c1-29-10-4-12-30(14-13-29)22-8-7-20(16-26-22)17-27-23(32)28-21-6-2-5-19(15-21)18-31-11-3-9-25-24(31)33/h2-3,5-9,11,15-16H,4,10,12-14,17-18H2,1H3,(H2,27,28,32). The van der Waals surface area contributed by atoms with Crippen LogP contribution in [0.25, 0.3) is 0 Å². The highest BCUT2D eigenvalue weighted by Crippen LogP contribution is 2.14. The molecule has 33 heavy (non-hydrogen) atoms. The minimum Gasteiger partial charge on any atom is -0.355 e.